The molecule has 0 aromatic carbocycles. The first-order valence-electron chi connectivity index (χ1n) is 4.32. The fourth-order valence-electron chi connectivity index (χ4n) is 2.46. The molecular weight excluding hydrogens is 136 g/mol. The van der Waals surface area contributed by atoms with Crippen LogP contribution in [0.5, 0.6) is 0 Å². The first-order chi connectivity index (χ1) is 5.27. The second-order valence-corrected chi connectivity index (χ2v) is 4.12. The molecule has 2 rings (SSSR count). The average molecular weight is 150 g/mol. The number of nitrogens with zero attached hydrogens (tertiary/aromatic N) is 2. The topological polar surface area (TPSA) is 27.0 Å². The lowest BCUT2D eigenvalue weighted by Gasteiger charge is -2.27. The molecule has 0 bridgehead atoms. The molecule has 2 aliphatic rings. The van der Waals surface area contributed by atoms with E-state index < -0.39 is 0 Å². The van der Waals surface area contributed by atoms with Crippen molar-refractivity contribution in [1.29, 1.82) is 5.26 Å². The fourth-order valence-corrected chi connectivity index (χ4v) is 2.46. The van der Waals surface area contributed by atoms with Crippen molar-refractivity contribution < 1.29 is 0 Å². The molecular formula is C9H14N2. The van der Waals surface area contributed by atoms with Gasteiger partial charge in [0.05, 0.1) is 6.07 Å². The van der Waals surface area contributed by atoms with Gasteiger partial charge in [-0.05, 0) is 37.8 Å². The van der Waals surface area contributed by atoms with Crippen molar-refractivity contribution in [3.05, 3.63) is 0 Å². The minimum Gasteiger partial charge on any atom is -0.306 e. The first-order valence-corrected chi connectivity index (χ1v) is 4.32. The molecule has 0 aromatic heterocycles. The minimum atomic E-state index is 0.432. The molecule has 1 saturated heterocycles. The van der Waals surface area contributed by atoms with Crippen molar-refractivity contribution in [1.82, 2.24) is 4.90 Å². The van der Waals surface area contributed by atoms with Gasteiger partial charge in [0.1, 0.15) is 0 Å². The lowest BCUT2D eigenvalue weighted by Crippen LogP contribution is -2.33. The van der Waals surface area contributed by atoms with Crippen LogP contribution >= 0.6 is 0 Å². The Bertz CT molecular complexity index is 206. The van der Waals surface area contributed by atoms with Gasteiger partial charge in [0, 0.05) is 13.0 Å². The zero-order valence-corrected chi connectivity index (χ0v) is 7.01. The maximum Gasteiger partial charge on any atom is 0.0628 e. The second-order valence-electron chi connectivity index (χ2n) is 4.12. The molecule has 2 nitrogen and oxygen atoms in total. The van der Waals surface area contributed by atoms with Crippen molar-refractivity contribution >= 4 is 0 Å². The fraction of sp³-hybridized carbons (Fsp3) is 0.889. The van der Waals surface area contributed by atoms with E-state index in [-0.39, 0.29) is 0 Å². The van der Waals surface area contributed by atoms with Crippen LogP contribution < -0.4 is 0 Å². The van der Waals surface area contributed by atoms with Crippen LogP contribution in [-0.4, -0.2) is 25.0 Å². The summed E-state index contributed by atoms with van der Waals surface area (Å²) < 4.78 is 0. The maximum atomic E-state index is 8.63. The van der Waals surface area contributed by atoms with Gasteiger partial charge in [-0.3, -0.25) is 0 Å². The van der Waals surface area contributed by atoms with E-state index in [2.05, 4.69) is 18.0 Å². The number of fused-ring (bicyclic) bond motifs is 1. The summed E-state index contributed by atoms with van der Waals surface area (Å²) in [6.07, 6.45) is 3.41. The predicted molar refractivity (Wildman–Crippen MR) is 42.9 cm³/mol. The normalized spacial score (nSPS) is 42.7. The summed E-state index contributed by atoms with van der Waals surface area (Å²) in [5, 5.41) is 8.63. The summed E-state index contributed by atoms with van der Waals surface area (Å²) in [4.78, 5) is 2.36. The van der Waals surface area contributed by atoms with Crippen LogP contribution in [0.1, 0.15) is 19.3 Å². The Morgan fingerprint density at radius 1 is 1.73 bits per heavy atom. The monoisotopic (exact) mass is 150 g/mol. The molecule has 2 atom stereocenters. The molecule has 2 unspecified atom stereocenters. The highest BCUT2D eigenvalue weighted by Gasteiger charge is 2.55. The summed E-state index contributed by atoms with van der Waals surface area (Å²) in [7, 11) is 2.16. The third kappa shape index (κ3) is 1.04. The lowest BCUT2D eigenvalue weighted by atomic mass is 9.95. The second kappa shape index (κ2) is 2.22. The molecule has 1 aliphatic heterocycles. The van der Waals surface area contributed by atoms with E-state index >= 15 is 0 Å². The summed E-state index contributed by atoms with van der Waals surface area (Å²) in [6.45, 7) is 2.39. The SMILES string of the molecule is CN1CCC2CC2(CC#N)C1. The molecule has 11 heavy (non-hydrogen) atoms. The van der Waals surface area contributed by atoms with Gasteiger partial charge < -0.3 is 4.90 Å². The molecule has 1 aliphatic carbocycles. The molecule has 0 amide bonds. The zero-order chi connectivity index (χ0) is 7.90. The summed E-state index contributed by atoms with van der Waals surface area (Å²) in [5.74, 6) is 0.887. The summed E-state index contributed by atoms with van der Waals surface area (Å²) in [5.41, 5.74) is 0.432. The quantitative estimate of drug-likeness (QED) is 0.562. The van der Waals surface area contributed by atoms with E-state index in [1.807, 2.05) is 0 Å². The summed E-state index contributed by atoms with van der Waals surface area (Å²) in [6, 6.07) is 2.31. The Balaban J connectivity index is 2.02. The Morgan fingerprint density at radius 3 is 3.27 bits per heavy atom. The molecule has 1 heterocycles. The number of piperidine rings is 1. The molecule has 0 radical (unpaired) electrons. The number of hydrogen-bond acceptors (Lipinski definition) is 2. The van der Waals surface area contributed by atoms with Gasteiger partial charge >= 0.3 is 0 Å². The molecule has 2 heteroatoms. The minimum absolute atomic E-state index is 0.432. The van der Waals surface area contributed by atoms with Crippen LogP contribution in [0.4, 0.5) is 0 Å². The molecule has 2 fully saturated rings. The molecule has 0 N–H and O–H groups in total. The van der Waals surface area contributed by atoms with Crippen LogP contribution in [-0.2, 0) is 0 Å². The van der Waals surface area contributed by atoms with Crippen molar-refractivity contribution in [2.75, 3.05) is 20.1 Å². The first kappa shape index (κ1) is 7.12. The van der Waals surface area contributed by atoms with Crippen molar-refractivity contribution in [2.45, 2.75) is 19.3 Å². The Morgan fingerprint density at radius 2 is 2.55 bits per heavy atom. The lowest BCUT2D eigenvalue weighted by molar-refractivity contribution is 0.200. The average Bonchev–Trinajstić information content (AvgIpc) is 2.62. The smallest absolute Gasteiger partial charge is 0.0628 e. The molecule has 60 valence electrons. The van der Waals surface area contributed by atoms with Crippen LogP contribution in [0, 0.1) is 22.7 Å². The van der Waals surface area contributed by atoms with Crippen molar-refractivity contribution in [2.24, 2.45) is 11.3 Å². The summed E-state index contributed by atoms with van der Waals surface area (Å²) >= 11 is 0. The Hall–Kier alpha value is -0.550. The van der Waals surface area contributed by atoms with E-state index in [0.29, 0.717) is 5.41 Å². The van der Waals surface area contributed by atoms with E-state index in [9.17, 15) is 0 Å². The third-order valence-corrected chi connectivity index (χ3v) is 3.23. The van der Waals surface area contributed by atoms with E-state index in [1.165, 1.54) is 19.4 Å². The van der Waals surface area contributed by atoms with Crippen LogP contribution in [0.2, 0.25) is 0 Å². The number of likely N-dealkylation sites (tertiary alicyclic amines) is 1. The Kier molecular flexibility index (Phi) is 1.43. The Labute approximate surface area is 67.8 Å². The standard InChI is InChI=1S/C9H14N2/c1-11-5-2-8-6-9(8,7-11)3-4-10/h8H,2-3,5-7H2,1H3. The van der Waals surface area contributed by atoms with E-state index in [1.54, 1.807) is 0 Å². The van der Waals surface area contributed by atoms with E-state index in [0.717, 1.165) is 18.9 Å². The van der Waals surface area contributed by atoms with Crippen LogP contribution in [0.25, 0.3) is 0 Å². The van der Waals surface area contributed by atoms with Gasteiger partial charge in [0.25, 0.3) is 0 Å². The van der Waals surface area contributed by atoms with Gasteiger partial charge in [-0.25, -0.2) is 0 Å². The number of nitriles is 1. The van der Waals surface area contributed by atoms with Crippen molar-refractivity contribution in [3.63, 3.8) is 0 Å². The highest BCUT2D eigenvalue weighted by molar-refractivity contribution is 5.09. The van der Waals surface area contributed by atoms with Crippen LogP contribution in [0.15, 0.2) is 0 Å². The van der Waals surface area contributed by atoms with Crippen LogP contribution in [0.3, 0.4) is 0 Å². The highest BCUT2D eigenvalue weighted by Crippen LogP contribution is 2.59. The molecule has 1 saturated carbocycles. The van der Waals surface area contributed by atoms with Gasteiger partial charge in [-0.15, -0.1) is 0 Å². The maximum absolute atomic E-state index is 8.63. The molecule has 0 spiro atoms. The van der Waals surface area contributed by atoms with Gasteiger partial charge in [0.15, 0.2) is 0 Å². The number of hydrogen-bond donors (Lipinski definition) is 0. The molecule has 0 aromatic rings. The largest absolute Gasteiger partial charge is 0.306 e. The number of rotatable bonds is 1. The van der Waals surface area contributed by atoms with Gasteiger partial charge in [0.2, 0.25) is 0 Å². The highest BCUT2D eigenvalue weighted by atomic mass is 15.1. The van der Waals surface area contributed by atoms with Crippen molar-refractivity contribution in [3.8, 4) is 6.07 Å². The predicted octanol–water partition coefficient (Wildman–Crippen LogP) is 1.24. The van der Waals surface area contributed by atoms with Gasteiger partial charge in [-0.2, -0.15) is 5.26 Å². The van der Waals surface area contributed by atoms with Gasteiger partial charge in [-0.1, -0.05) is 0 Å². The van der Waals surface area contributed by atoms with E-state index in [4.69, 9.17) is 5.26 Å². The third-order valence-electron chi connectivity index (χ3n) is 3.23. The zero-order valence-electron chi connectivity index (χ0n) is 7.01.